The number of rotatable bonds is 18. The van der Waals surface area contributed by atoms with E-state index in [-0.39, 0.29) is 21.1 Å². The summed E-state index contributed by atoms with van der Waals surface area (Å²) >= 11 is 6.72. The van der Waals surface area contributed by atoms with Gasteiger partial charge >= 0.3 is 0 Å². The van der Waals surface area contributed by atoms with Crippen molar-refractivity contribution >= 4 is 28.9 Å². The predicted molar refractivity (Wildman–Crippen MR) is 148 cm³/mol. The van der Waals surface area contributed by atoms with Crippen LogP contribution in [-0.2, 0) is 45.7 Å². The first-order valence-electron chi connectivity index (χ1n) is 12.9. The Labute approximate surface area is 232 Å². The van der Waals surface area contributed by atoms with Crippen molar-refractivity contribution in [1.82, 2.24) is 0 Å². The molecule has 6 heteroatoms. The molecular weight excluding hydrogens is 559 g/mol. The van der Waals surface area contributed by atoms with E-state index in [2.05, 4.69) is 32.0 Å². The first-order valence-corrected chi connectivity index (χ1v) is 17.0. The Balaban J connectivity index is 0.00000578. The van der Waals surface area contributed by atoms with Crippen LogP contribution in [0.4, 0.5) is 0 Å². The molecule has 1 unspecified atom stereocenters. The van der Waals surface area contributed by atoms with Gasteiger partial charge in [-0.25, -0.2) is 0 Å². The fourth-order valence-corrected chi connectivity index (χ4v) is 7.75. The second-order valence-electron chi connectivity index (χ2n) is 8.88. The first kappa shape index (κ1) is 31.9. The molecule has 0 aliphatic heterocycles. The molecule has 0 heterocycles. The molecule has 0 aliphatic rings. The van der Waals surface area contributed by atoms with Crippen molar-refractivity contribution in [3.05, 3.63) is 59.7 Å². The fourth-order valence-electron chi connectivity index (χ4n) is 4.05. The Morgan fingerprint density at radius 1 is 0.706 bits per heavy atom. The van der Waals surface area contributed by atoms with Crippen LogP contribution in [-0.4, -0.2) is 0 Å². The van der Waals surface area contributed by atoms with Gasteiger partial charge in [-0.15, -0.1) is 0 Å². The maximum Gasteiger partial charge on any atom is 0.126 e. The molecule has 0 aliphatic carbocycles. The Morgan fingerprint density at radius 3 is 1.79 bits per heavy atom. The molecule has 2 nitrogen and oxygen atoms in total. The summed E-state index contributed by atoms with van der Waals surface area (Å²) in [5, 5.41) is 0. The molecule has 2 rings (SSSR count). The standard InChI is InChI=1S/C28H43O2PS2.Mo/c1-3-5-7-9-11-13-19-25-20-15-17-23-27(25)30-31(29,32)33-28-24-18-16-22-26(28)21-14-12-10-8-6-4-2;/h15-18,20,22-24H,3-14,19,21H2,1-2H3,(H,29,32);/p-1. The minimum atomic E-state index is -3.30. The van der Waals surface area contributed by atoms with E-state index in [4.69, 9.17) is 16.3 Å². The summed E-state index contributed by atoms with van der Waals surface area (Å²) in [6, 6.07) is 16.2. The zero-order chi connectivity index (χ0) is 23.8. The largest absolute Gasteiger partial charge is 0.783 e. The quantitative estimate of drug-likeness (QED) is 0.0969. The van der Waals surface area contributed by atoms with Crippen LogP contribution in [0, 0.1) is 0 Å². The van der Waals surface area contributed by atoms with Crippen molar-refractivity contribution in [3.8, 4) is 5.75 Å². The number of unbranched alkanes of at least 4 members (excludes halogenated alkanes) is 10. The molecular formula is C28H42MoO2PS2-. The van der Waals surface area contributed by atoms with Crippen molar-refractivity contribution in [2.75, 3.05) is 0 Å². The van der Waals surface area contributed by atoms with Gasteiger partial charge < -0.3 is 9.42 Å². The second kappa shape index (κ2) is 19.1. The van der Waals surface area contributed by atoms with E-state index in [1.807, 2.05) is 30.3 Å². The van der Waals surface area contributed by atoms with Gasteiger partial charge in [-0.05, 0) is 48.9 Å². The average molecular weight is 602 g/mol. The number of hydrogen-bond donors (Lipinski definition) is 0. The maximum absolute atomic E-state index is 13.3. The molecule has 0 aromatic heterocycles. The van der Waals surface area contributed by atoms with E-state index in [1.54, 1.807) is 0 Å². The van der Waals surface area contributed by atoms with Crippen LogP contribution < -0.4 is 9.42 Å². The molecule has 0 N–H and O–H groups in total. The normalized spacial score (nSPS) is 12.7. The summed E-state index contributed by atoms with van der Waals surface area (Å²) in [7, 11) is 0. The molecule has 190 valence electrons. The SMILES string of the molecule is CCCCCCCCc1ccccc1OP([O-])(=S)Sc1ccccc1CCCCCCCC.[Mo]. The molecule has 2 aromatic carbocycles. The number of aryl methyl sites for hydroxylation is 2. The van der Waals surface area contributed by atoms with E-state index in [0.717, 1.165) is 36.1 Å². The van der Waals surface area contributed by atoms with Crippen LogP contribution in [0.1, 0.15) is 102 Å². The maximum atomic E-state index is 13.3. The van der Waals surface area contributed by atoms with Crippen molar-refractivity contribution in [3.63, 3.8) is 0 Å². The van der Waals surface area contributed by atoms with Gasteiger partial charge in [0.1, 0.15) is 11.4 Å². The van der Waals surface area contributed by atoms with E-state index < -0.39 is 5.69 Å². The van der Waals surface area contributed by atoms with Crippen LogP contribution in [0.25, 0.3) is 0 Å². The third kappa shape index (κ3) is 13.3. The van der Waals surface area contributed by atoms with Gasteiger partial charge in [0.25, 0.3) is 0 Å². The monoisotopic (exact) mass is 603 g/mol. The number of hydrogen-bond acceptors (Lipinski definition) is 4. The Hall–Kier alpha value is -0.112. The zero-order valence-corrected chi connectivity index (χ0v) is 25.5. The fraction of sp³-hybridized carbons (Fsp3) is 0.571. The summed E-state index contributed by atoms with van der Waals surface area (Å²) < 4.78 is 5.99. The van der Waals surface area contributed by atoms with E-state index in [0.29, 0.717) is 5.75 Å². The van der Waals surface area contributed by atoms with Crippen molar-refractivity contribution in [2.45, 2.75) is 109 Å². The van der Waals surface area contributed by atoms with Crippen LogP contribution in [0.5, 0.6) is 5.75 Å². The average Bonchev–Trinajstić information content (AvgIpc) is 2.80. The van der Waals surface area contributed by atoms with Crippen molar-refractivity contribution < 1.29 is 30.5 Å². The number of para-hydroxylation sites is 1. The van der Waals surface area contributed by atoms with Crippen molar-refractivity contribution in [2.24, 2.45) is 0 Å². The van der Waals surface area contributed by atoms with Gasteiger partial charge in [-0.2, -0.15) is 0 Å². The van der Waals surface area contributed by atoms with Gasteiger partial charge in [0.15, 0.2) is 0 Å². The summed E-state index contributed by atoms with van der Waals surface area (Å²) in [5.41, 5.74) is -0.959. The minimum absolute atomic E-state index is 0. The van der Waals surface area contributed by atoms with Crippen LogP contribution >= 0.6 is 17.1 Å². The van der Waals surface area contributed by atoms with Gasteiger partial charge in [0.2, 0.25) is 0 Å². The van der Waals surface area contributed by atoms with Gasteiger partial charge in [-0.1, -0.05) is 138 Å². The molecule has 0 saturated heterocycles. The second-order valence-corrected chi connectivity index (χ2v) is 14.7. The summed E-state index contributed by atoms with van der Waals surface area (Å²) in [6.07, 6.45) is 17.1. The first-order chi connectivity index (χ1) is 16.1. The summed E-state index contributed by atoms with van der Waals surface area (Å²) in [4.78, 5) is 14.3. The van der Waals surface area contributed by atoms with Gasteiger partial charge in [0, 0.05) is 26.0 Å². The Morgan fingerprint density at radius 2 is 1.18 bits per heavy atom. The topological polar surface area (TPSA) is 32.3 Å². The van der Waals surface area contributed by atoms with E-state index >= 15 is 0 Å². The predicted octanol–water partition coefficient (Wildman–Crippen LogP) is 9.25. The van der Waals surface area contributed by atoms with Gasteiger partial charge in [0.05, 0.1) is 0 Å². The van der Waals surface area contributed by atoms with Crippen molar-refractivity contribution in [1.29, 1.82) is 0 Å². The number of benzene rings is 2. The smallest absolute Gasteiger partial charge is 0.126 e. The Kier molecular flexibility index (Phi) is 17.9. The molecule has 0 amide bonds. The van der Waals surface area contributed by atoms with Crippen LogP contribution in [0.15, 0.2) is 53.4 Å². The summed E-state index contributed by atoms with van der Waals surface area (Å²) in [6.45, 7) is 4.49. The molecule has 34 heavy (non-hydrogen) atoms. The van der Waals surface area contributed by atoms with E-state index in [9.17, 15) is 4.89 Å². The van der Waals surface area contributed by atoms with Gasteiger partial charge in [-0.3, -0.25) is 0 Å². The molecule has 0 saturated carbocycles. The van der Waals surface area contributed by atoms with E-state index in [1.165, 1.54) is 81.2 Å². The molecule has 2 aromatic rings. The molecule has 0 bridgehead atoms. The Bertz CT molecular complexity index is 781. The molecule has 0 fully saturated rings. The molecule has 1 atom stereocenters. The van der Waals surface area contributed by atoms with Crippen LogP contribution in [0.3, 0.4) is 0 Å². The minimum Gasteiger partial charge on any atom is -0.783 e. The third-order valence-corrected chi connectivity index (χ3v) is 9.58. The third-order valence-electron chi connectivity index (χ3n) is 5.96. The molecule has 0 spiro atoms. The molecule has 0 radical (unpaired) electrons. The summed E-state index contributed by atoms with van der Waals surface area (Å²) in [5.74, 6) is 0.685. The van der Waals surface area contributed by atoms with Crippen LogP contribution in [0.2, 0.25) is 0 Å². The zero-order valence-electron chi connectivity index (χ0n) is 21.0.